The van der Waals surface area contributed by atoms with Crippen LogP contribution in [0, 0.1) is 17.3 Å². The highest BCUT2D eigenvalue weighted by atomic mass is 35.5. The molecule has 3 N–H and O–H groups in total. The van der Waals surface area contributed by atoms with E-state index < -0.39 is 41.6 Å². The first-order valence-corrected chi connectivity index (χ1v) is 17.1. The van der Waals surface area contributed by atoms with E-state index in [2.05, 4.69) is 20.9 Å². The Balaban J connectivity index is 1.45. The van der Waals surface area contributed by atoms with Crippen molar-refractivity contribution in [2.45, 2.75) is 84.2 Å². The second-order valence-electron chi connectivity index (χ2n) is 14.0. The Labute approximate surface area is 295 Å². The Kier molecular flexibility index (Phi) is 10.8. The minimum atomic E-state index is -4.35. The van der Waals surface area contributed by atoms with E-state index in [-0.39, 0.29) is 97.0 Å². The molecule has 2 fully saturated rings. The lowest BCUT2D eigenvalue weighted by Gasteiger charge is -2.35. The average molecular weight is 751 g/mol. The van der Waals surface area contributed by atoms with Crippen molar-refractivity contribution in [3.05, 3.63) is 39.4 Å². The number of fused-ring (bicyclic) bond motifs is 1. The quantitative estimate of drug-likeness (QED) is 0.210. The molecule has 50 heavy (non-hydrogen) atoms. The number of benzene rings is 1. The van der Waals surface area contributed by atoms with Crippen molar-refractivity contribution < 1.29 is 35.9 Å². The molecule has 3 aromatic rings. The highest BCUT2D eigenvalue weighted by Gasteiger charge is 2.43. The fourth-order valence-corrected chi connectivity index (χ4v) is 6.80. The van der Waals surface area contributed by atoms with Crippen LogP contribution in [0.2, 0.25) is 10.0 Å². The van der Waals surface area contributed by atoms with Crippen LogP contribution in [-0.4, -0.2) is 57.8 Å². The zero-order valence-corrected chi connectivity index (χ0v) is 29.5. The lowest BCUT2D eigenvalue weighted by Crippen LogP contribution is -2.42. The second-order valence-corrected chi connectivity index (χ2v) is 14.8. The van der Waals surface area contributed by atoms with Gasteiger partial charge in [0.15, 0.2) is 5.65 Å². The monoisotopic (exact) mass is 749 g/mol. The third-order valence-electron chi connectivity index (χ3n) is 9.38. The van der Waals surface area contributed by atoms with Crippen LogP contribution in [0.5, 0.6) is 0 Å². The third-order valence-corrected chi connectivity index (χ3v) is 10.1. The molecule has 0 unspecified atom stereocenters. The number of alkyl halides is 6. The van der Waals surface area contributed by atoms with Gasteiger partial charge in [-0.1, -0.05) is 50.0 Å². The predicted octanol–water partition coefficient (Wildman–Crippen LogP) is 8.31. The van der Waals surface area contributed by atoms with Crippen LogP contribution < -0.4 is 20.9 Å². The molecule has 1 aliphatic carbocycles. The first kappa shape index (κ1) is 37.8. The van der Waals surface area contributed by atoms with Crippen LogP contribution in [0.15, 0.2) is 18.2 Å². The van der Waals surface area contributed by atoms with E-state index in [1.807, 2.05) is 0 Å². The lowest BCUT2D eigenvalue weighted by molar-refractivity contribution is -0.182. The molecule has 1 saturated heterocycles. The third kappa shape index (κ3) is 8.35. The summed E-state index contributed by atoms with van der Waals surface area (Å²) < 4.78 is 81.7. The van der Waals surface area contributed by atoms with Crippen LogP contribution in [-0.2, 0) is 18.4 Å². The molecule has 2 aliphatic rings. The van der Waals surface area contributed by atoms with E-state index in [9.17, 15) is 35.9 Å². The molecule has 1 saturated carbocycles. The summed E-state index contributed by atoms with van der Waals surface area (Å²) in [6.45, 7) is 5.47. The number of carbonyl (C=O) groups is 2. The number of imidazole rings is 1. The maximum atomic E-state index is 13.7. The minimum absolute atomic E-state index is 0.00757. The van der Waals surface area contributed by atoms with Crippen molar-refractivity contribution in [3.63, 3.8) is 0 Å². The first-order valence-electron chi connectivity index (χ1n) is 16.3. The van der Waals surface area contributed by atoms with Crippen molar-refractivity contribution in [2.24, 2.45) is 24.3 Å². The second kappa shape index (κ2) is 14.3. The predicted molar refractivity (Wildman–Crippen MR) is 180 cm³/mol. The van der Waals surface area contributed by atoms with Gasteiger partial charge in [-0.2, -0.15) is 26.3 Å². The van der Waals surface area contributed by atoms with Crippen molar-refractivity contribution in [1.82, 2.24) is 25.2 Å². The van der Waals surface area contributed by atoms with Gasteiger partial charge in [0.25, 0.3) is 5.91 Å². The van der Waals surface area contributed by atoms with Crippen LogP contribution in [0.3, 0.4) is 0 Å². The molecule has 2 aromatic heterocycles. The summed E-state index contributed by atoms with van der Waals surface area (Å²) in [5.41, 5.74) is 0.907. The molecule has 0 spiro atoms. The number of amides is 2. The summed E-state index contributed by atoms with van der Waals surface area (Å²) in [6.07, 6.45) is -8.99. The summed E-state index contributed by atoms with van der Waals surface area (Å²) in [6, 6.07) is 4.27. The van der Waals surface area contributed by atoms with Crippen LogP contribution in [0.4, 0.5) is 43.8 Å². The SMILES string of the molecule is Cn1c(Nc2c(Cl)ccc(CNC(=O)C(C)(C)C)c2Cl)nc2cc(C(=O)NC3CCC(C(F)(F)F)CC3)c(N3CCC(C(F)(F)F)CC3)nc21. The molecule has 9 nitrogen and oxygen atoms in total. The summed E-state index contributed by atoms with van der Waals surface area (Å²) in [7, 11) is 1.65. The first-order chi connectivity index (χ1) is 23.2. The highest BCUT2D eigenvalue weighted by Crippen LogP contribution is 2.40. The fraction of sp³-hybridized carbons (Fsp3) is 0.576. The molecule has 274 valence electrons. The zero-order chi connectivity index (χ0) is 36.8. The van der Waals surface area contributed by atoms with Crippen molar-refractivity contribution in [1.29, 1.82) is 0 Å². The van der Waals surface area contributed by atoms with Crippen molar-refractivity contribution >= 4 is 63.6 Å². The Bertz CT molecular complexity index is 1740. The van der Waals surface area contributed by atoms with Gasteiger partial charge >= 0.3 is 12.4 Å². The van der Waals surface area contributed by atoms with Gasteiger partial charge in [0.2, 0.25) is 11.9 Å². The number of rotatable bonds is 7. The van der Waals surface area contributed by atoms with Gasteiger partial charge in [0, 0.05) is 38.1 Å². The van der Waals surface area contributed by atoms with Gasteiger partial charge in [0.05, 0.1) is 33.1 Å². The number of nitrogens with one attached hydrogen (secondary N) is 3. The number of aryl methyl sites for hydroxylation is 1. The molecule has 2 amide bonds. The maximum absolute atomic E-state index is 13.7. The Morgan fingerprint density at radius 2 is 1.50 bits per heavy atom. The van der Waals surface area contributed by atoms with Gasteiger partial charge in [-0.25, -0.2) is 9.97 Å². The van der Waals surface area contributed by atoms with Gasteiger partial charge in [0.1, 0.15) is 11.3 Å². The molecular formula is C33H39Cl2F6N7O2. The normalized spacial score (nSPS) is 19.5. The average Bonchev–Trinajstić information content (AvgIpc) is 3.34. The maximum Gasteiger partial charge on any atom is 0.391 e. The summed E-state index contributed by atoms with van der Waals surface area (Å²) in [5.74, 6) is -3.30. The van der Waals surface area contributed by atoms with Gasteiger partial charge in [-0.15, -0.1) is 0 Å². The molecule has 0 bridgehead atoms. The Morgan fingerprint density at radius 1 is 0.900 bits per heavy atom. The molecule has 1 aromatic carbocycles. The number of pyridine rings is 1. The van der Waals surface area contributed by atoms with Gasteiger partial charge < -0.3 is 20.9 Å². The van der Waals surface area contributed by atoms with Crippen molar-refractivity contribution in [3.8, 4) is 0 Å². The largest absolute Gasteiger partial charge is 0.391 e. The number of anilines is 3. The van der Waals surface area contributed by atoms with Crippen molar-refractivity contribution in [2.75, 3.05) is 23.3 Å². The standard InChI is InChI=1S/C33H39Cl2F6N7O2/c1-31(2,3)29(50)42-16-17-5-10-22(34)25(24(17)35)45-30-44-23-15-21(28(49)43-20-8-6-18(7-9-20)32(36,37)38)26(46-27(23)47(30)4)48-13-11-19(12-14-48)33(39,40)41/h5,10,15,18-20H,6-9,11-14,16H2,1-4H3,(H,42,50)(H,43,49)(H,44,45). The molecule has 17 heteroatoms. The fourth-order valence-electron chi connectivity index (χ4n) is 6.27. The number of hydrogen-bond donors (Lipinski definition) is 3. The van der Waals surface area contributed by atoms with E-state index in [1.165, 1.54) is 6.07 Å². The van der Waals surface area contributed by atoms with E-state index in [1.54, 1.807) is 49.4 Å². The topological polar surface area (TPSA) is 104 Å². The van der Waals surface area contributed by atoms with E-state index in [0.717, 1.165) is 0 Å². The van der Waals surface area contributed by atoms with E-state index in [4.69, 9.17) is 28.2 Å². The number of piperidine rings is 1. The Morgan fingerprint density at radius 3 is 2.08 bits per heavy atom. The number of halogens is 8. The van der Waals surface area contributed by atoms with Gasteiger partial charge in [-0.3, -0.25) is 14.2 Å². The van der Waals surface area contributed by atoms with Crippen LogP contribution in [0.25, 0.3) is 11.2 Å². The number of aromatic nitrogens is 3. The lowest BCUT2D eigenvalue weighted by atomic mass is 9.85. The summed E-state index contributed by atoms with van der Waals surface area (Å²) in [4.78, 5) is 37.1. The molecular weight excluding hydrogens is 711 g/mol. The molecule has 0 radical (unpaired) electrons. The van der Waals surface area contributed by atoms with Crippen LogP contribution in [0.1, 0.15) is 75.2 Å². The molecule has 0 atom stereocenters. The number of nitrogens with zero attached hydrogens (tertiary/aromatic N) is 4. The van der Waals surface area contributed by atoms with E-state index >= 15 is 0 Å². The number of carbonyl (C=O) groups excluding carboxylic acids is 2. The summed E-state index contributed by atoms with van der Waals surface area (Å²) >= 11 is 13.2. The molecule has 1 aliphatic heterocycles. The van der Waals surface area contributed by atoms with Gasteiger partial charge in [-0.05, 0) is 56.2 Å². The Hall–Kier alpha value is -3.46. The minimum Gasteiger partial charge on any atom is -0.356 e. The number of hydrogen-bond acceptors (Lipinski definition) is 6. The molecule has 3 heterocycles. The van der Waals surface area contributed by atoms with E-state index in [0.29, 0.717) is 16.9 Å². The zero-order valence-electron chi connectivity index (χ0n) is 28.0. The summed E-state index contributed by atoms with van der Waals surface area (Å²) in [5, 5.41) is 9.28. The highest BCUT2D eigenvalue weighted by molar-refractivity contribution is 6.39. The smallest absolute Gasteiger partial charge is 0.356 e. The van der Waals surface area contributed by atoms with Crippen LogP contribution >= 0.6 is 23.2 Å². The molecule has 5 rings (SSSR count).